The van der Waals surface area contributed by atoms with Gasteiger partial charge < -0.3 is 5.32 Å². The van der Waals surface area contributed by atoms with Crippen LogP contribution >= 0.6 is 38.5 Å². The van der Waals surface area contributed by atoms with Crippen molar-refractivity contribution < 1.29 is 4.39 Å². The minimum atomic E-state index is -0.187. The van der Waals surface area contributed by atoms with Crippen LogP contribution in [-0.2, 0) is 0 Å². The molecule has 0 aliphatic carbocycles. The molecule has 2 aromatic rings. The lowest BCUT2D eigenvalue weighted by Crippen LogP contribution is -2.23. The minimum Gasteiger partial charge on any atom is -0.306 e. The van der Waals surface area contributed by atoms with Crippen LogP contribution < -0.4 is 5.32 Å². The molecule has 2 aromatic carbocycles. The van der Waals surface area contributed by atoms with Gasteiger partial charge in [-0.1, -0.05) is 28.9 Å². The van der Waals surface area contributed by atoms with E-state index in [0.717, 1.165) is 27.7 Å². The predicted octanol–water partition coefficient (Wildman–Crippen LogP) is 5.20. The van der Waals surface area contributed by atoms with E-state index < -0.39 is 0 Å². The fraction of sp³-hybridized carbons (Fsp3) is 0.250. The first-order chi connectivity index (χ1) is 9.51. The van der Waals surface area contributed by atoms with E-state index in [-0.39, 0.29) is 11.9 Å². The number of aryl methyl sites for hydroxylation is 1. The Hall–Kier alpha value is -0.460. The summed E-state index contributed by atoms with van der Waals surface area (Å²) in [4.78, 5) is 0. The molecule has 0 fully saturated rings. The van der Waals surface area contributed by atoms with E-state index in [2.05, 4.69) is 62.9 Å². The minimum absolute atomic E-state index is 0.00111. The van der Waals surface area contributed by atoms with Gasteiger partial charge in [0, 0.05) is 8.04 Å². The highest BCUT2D eigenvalue weighted by atomic mass is 127. The zero-order valence-corrected chi connectivity index (χ0v) is 15.1. The molecular formula is C16H16BrFIN. The van der Waals surface area contributed by atoms with E-state index in [1.165, 1.54) is 3.57 Å². The van der Waals surface area contributed by atoms with Crippen molar-refractivity contribution in [1.82, 2.24) is 5.32 Å². The lowest BCUT2D eigenvalue weighted by molar-refractivity contribution is 0.600. The first-order valence-corrected chi connectivity index (χ1v) is 8.34. The number of benzene rings is 2. The van der Waals surface area contributed by atoms with Gasteiger partial charge in [0.05, 0.1) is 6.04 Å². The molecule has 0 amide bonds. The van der Waals surface area contributed by atoms with Crippen LogP contribution in [0.1, 0.15) is 29.7 Å². The topological polar surface area (TPSA) is 12.0 Å². The van der Waals surface area contributed by atoms with Gasteiger partial charge in [0.25, 0.3) is 0 Å². The molecule has 0 saturated carbocycles. The summed E-state index contributed by atoms with van der Waals surface area (Å²) in [5.74, 6) is -0.187. The molecule has 0 radical (unpaired) electrons. The quantitative estimate of drug-likeness (QED) is 0.635. The molecule has 0 spiro atoms. The summed E-state index contributed by atoms with van der Waals surface area (Å²) in [6.07, 6.45) is 0. The molecule has 106 valence electrons. The molecule has 1 atom stereocenters. The van der Waals surface area contributed by atoms with Crippen LogP contribution in [0.2, 0.25) is 0 Å². The van der Waals surface area contributed by atoms with E-state index in [4.69, 9.17) is 0 Å². The third kappa shape index (κ3) is 3.80. The molecule has 1 unspecified atom stereocenters. The highest BCUT2D eigenvalue weighted by Gasteiger charge is 2.17. The third-order valence-electron chi connectivity index (χ3n) is 3.08. The van der Waals surface area contributed by atoms with Gasteiger partial charge in [-0.25, -0.2) is 4.39 Å². The van der Waals surface area contributed by atoms with Crippen LogP contribution in [0.3, 0.4) is 0 Å². The number of hydrogen-bond acceptors (Lipinski definition) is 1. The molecule has 0 saturated heterocycles. The summed E-state index contributed by atoms with van der Waals surface area (Å²) in [7, 11) is 0. The first-order valence-electron chi connectivity index (χ1n) is 6.46. The van der Waals surface area contributed by atoms with E-state index in [1.54, 1.807) is 12.1 Å². The van der Waals surface area contributed by atoms with Crippen LogP contribution in [0, 0.1) is 16.3 Å². The standard InChI is InChI=1S/C16H16BrFIN/c1-3-20-16(11-6-10(2)7-13(18)8-11)14-9-12(17)4-5-15(14)19/h4-9,16,20H,3H2,1-2H3. The average Bonchev–Trinajstić information content (AvgIpc) is 2.38. The third-order valence-corrected chi connectivity index (χ3v) is 4.55. The lowest BCUT2D eigenvalue weighted by atomic mass is 9.97. The van der Waals surface area contributed by atoms with Crippen LogP contribution in [0.4, 0.5) is 4.39 Å². The Bertz CT molecular complexity index is 595. The molecule has 0 aromatic heterocycles. The van der Waals surface area contributed by atoms with Crippen molar-refractivity contribution >= 4 is 38.5 Å². The summed E-state index contributed by atoms with van der Waals surface area (Å²) < 4.78 is 15.9. The smallest absolute Gasteiger partial charge is 0.123 e. The van der Waals surface area contributed by atoms with E-state index in [1.807, 2.05) is 19.1 Å². The molecule has 4 heteroatoms. The molecule has 1 N–H and O–H groups in total. The maximum absolute atomic E-state index is 13.7. The molecule has 0 aliphatic heterocycles. The van der Waals surface area contributed by atoms with Crippen molar-refractivity contribution in [2.24, 2.45) is 0 Å². The van der Waals surface area contributed by atoms with Crippen LogP contribution in [0.5, 0.6) is 0 Å². The SMILES string of the molecule is CCNC(c1cc(C)cc(F)c1)c1cc(Br)ccc1I. The van der Waals surface area contributed by atoms with Gasteiger partial charge in [0.1, 0.15) is 5.82 Å². The summed E-state index contributed by atoms with van der Waals surface area (Å²) in [5.41, 5.74) is 3.06. The monoisotopic (exact) mass is 447 g/mol. The largest absolute Gasteiger partial charge is 0.306 e. The Morgan fingerprint density at radius 2 is 2.00 bits per heavy atom. The first kappa shape index (κ1) is 15.9. The van der Waals surface area contributed by atoms with Gasteiger partial charge in [0.2, 0.25) is 0 Å². The Labute approximate surface area is 141 Å². The number of rotatable bonds is 4. The van der Waals surface area contributed by atoms with Gasteiger partial charge in [-0.15, -0.1) is 0 Å². The maximum Gasteiger partial charge on any atom is 0.123 e. The maximum atomic E-state index is 13.7. The number of hydrogen-bond donors (Lipinski definition) is 1. The van der Waals surface area contributed by atoms with E-state index in [9.17, 15) is 4.39 Å². The Morgan fingerprint density at radius 3 is 2.65 bits per heavy atom. The second-order valence-electron chi connectivity index (χ2n) is 4.72. The zero-order chi connectivity index (χ0) is 14.7. The molecular weight excluding hydrogens is 432 g/mol. The van der Waals surface area contributed by atoms with Crippen LogP contribution in [-0.4, -0.2) is 6.54 Å². The van der Waals surface area contributed by atoms with Crippen molar-refractivity contribution in [3.05, 3.63) is 66.9 Å². The Morgan fingerprint density at radius 1 is 1.25 bits per heavy atom. The van der Waals surface area contributed by atoms with Crippen molar-refractivity contribution in [3.63, 3.8) is 0 Å². The summed E-state index contributed by atoms with van der Waals surface area (Å²) in [6.45, 7) is 4.80. The number of nitrogens with one attached hydrogen (secondary N) is 1. The molecule has 0 heterocycles. The molecule has 2 rings (SSSR count). The van der Waals surface area contributed by atoms with Crippen LogP contribution in [0.15, 0.2) is 40.9 Å². The molecule has 20 heavy (non-hydrogen) atoms. The van der Waals surface area contributed by atoms with Gasteiger partial charge in [0.15, 0.2) is 0 Å². The molecule has 0 aliphatic rings. The van der Waals surface area contributed by atoms with Gasteiger partial charge >= 0.3 is 0 Å². The fourth-order valence-corrected chi connectivity index (χ4v) is 3.30. The Balaban J connectivity index is 2.52. The normalized spacial score (nSPS) is 12.4. The zero-order valence-electron chi connectivity index (χ0n) is 11.4. The van der Waals surface area contributed by atoms with Crippen molar-refractivity contribution in [2.45, 2.75) is 19.9 Å². The molecule has 1 nitrogen and oxygen atoms in total. The van der Waals surface area contributed by atoms with E-state index >= 15 is 0 Å². The summed E-state index contributed by atoms with van der Waals surface area (Å²) in [6, 6.07) is 11.4. The van der Waals surface area contributed by atoms with Crippen molar-refractivity contribution in [2.75, 3.05) is 6.54 Å². The highest BCUT2D eigenvalue weighted by molar-refractivity contribution is 14.1. The Kier molecular flexibility index (Phi) is 5.57. The fourth-order valence-electron chi connectivity index (χ4n) is 2.28. The molecule has 0 bridgehead atoms. The van der Waals surface area contributed by atoms with Crippen molar-refractivity contribution in [1.29, 1.82) is 0 Å². The predicted molar refractivity (Wildman–Crippen MR) is 93.5 cm³/mol. The van der Waals surface area contributed by atoms with Crippen molar-refractivity contribution in [3.8, 4) is 0 Å². The summed E-state index contributed by atoms with van der Waals surface area (Å²) >= 11 is 5.83. The van der Waals surface area contributed by atoms with Crippen LogP contribution in [0.25, 0.3) is 0 Å². The second kappa shape index (κ2) is 7.00. The van der Waals surface area contributed by atoms with Gasteiger partial charge in [-0.3, -0.25) is 0 Å². The van der Waals surface area contributed by atoms with Gasteiger partial charge in [-0.2, -0.15) is 0 Å². The lowest BCUT2D eigenvalue weighted by Gasteiger charge is -2.21. The second-order valence-corrected chi connectivity index (χ2v) is 6.80. The summed E-state index contributed by atoms with van der Waals surface area (Å²) in [5, 5.41) is 3.45. The van der Waals surface area contributed by atoms with E-state index in [0.29, 0.717) is 0 Å². The highest BCUT2D eigenvalue weighted by Crippen LogP contribution is 2.29. The van der Waals surface area contributed by atoms with Gasteiger partial charge in [-0.05, 0) is 83.1 Å². The average molecular weight is 448 g/mol. The number of halogens is 3.